The molecule has 1 saturated heterocycles. The quantitative estimate of drug-likeness (QED) is 0.459. The number of ether oxygens (including phenoxy) is 1. The van der Waals surface area contributed by atoms with E-state index in [1.54, 1.807) is 0 Å². The average molecular weight is 447 g/mol. The lowest BCUT2D eigenvalue weighted by atomic mass is 10.1. The lowest BCUT2D eigenvalue weighted by molar-refractivity contribution is -0.154. The van der Waals surface area contributed by atoms with Gasteiger partial charge in [0, 0.05) is 31.6 Å². The van der Waals surface area contributed by atoms with Crippen molar-refractivity contribution in [2.75, 3.05) is 23.3 Å². The van der Waals surface area contributed by atoms with Crippen molar-refractivity contribution in [2.45, 2.75) is 64.9 Å². The minimum atomic E-state index is -0.428. The van der Waals surface area contributed by atoms with E-state index in [-0.39, 0.29) is 11.9 Å². The summed E-state index contributed by atoms with van der Waals surface area (Å²) in [6.07, 6.45) is 4.13. The topological polar surface area (TPSA) is 101 Å². The van der Waals surface area contributed by atoms with Crippen molar-refractivity contribution in [3.8, 4) is 0 Å². The molecule has 0 bridgehead atoms. The molecule has 2 aromatic rings. The van der Waals surface area contributed by atoms with Crippen molar-refractivity contribution in [1.82, 2.24) is 10.3 Å². The highest BCUT2D eigenvalue weighted by molar-refractivity contribution is 7.22. The maximum Gasteiger partial charge on any atom is 0.330 e. The zero-order valence-corrected chi connectivity index (χ0v) is 19.1. The van der Waals surface area contributed by atoms with Crippen LogP contribution in [-0.2, 0) is 14.3 Å². The fourth-order valence-corrected chi connectivity index (χ4v) is 4.29. The van der Waals surface area contributed by atoms with E-state index in [0.717, 1.165) is 41.7 Å². The van der Waals surface area contributed by atoms with E-state index in [1.165, 1.54) is 16.2 Å². The highest BCUT2D eigenvalue weighted by Crippen LogP contribution is 2.31. The molecule has 3 rings (SSSR count). The van der Waals surface area contributed by atoms with Crippen LogP contribution in [0.4, 0.5) is 15.6 Å². The molecule has 2 heterocycles. The number of thiazole rings is 1. The summed E-state index contributed by atoms with van der Waals surface area (Å²) in [5.41, 5.74) is 1.39. The Balaban J connectivity index is 1.47. The number of rotatable bonds is 8. The number of aromatic nitrogens is 1. The fourth-order valence-electron chi connectivity index (χ4n) is 3.27. The Morgan fingerprint density at radius 2 is 2.06 bits per heavy atom. The molecule has 1 aromatic carbocycles. The Bertz CT molecular complexity index is 951. The van der Waals surface area contributed by atoms with Gasteiger partial charge in [0.15, 0.2) is 5.13 Å². The summed E-state index contributed by atoms with van der Waals surface area (Å²) >= 11 is 1.44. The standard InChI is InChI=1S/C22H30N4O4S/c1-22(2,3)30-19(28)9-5-4-6-12-23-15-10-11-16-17(14-15)31-21(24-16)26-13-7-8-18(27)25-20(26)29/h10-11,14,23H,4-9,12-13H2,1-3H3,(H,25,27,29). The number of hydrogen-bond acceptors (Lipinski definition) is 7. The number of urea groups is 1. The predicted molar refractivity (Wildman–Crippen MR) is 123 cm³/mol. The molecule has 2 N–H and O–H groups in total. The molecule has 0 spiro atoms. The number of carbonyl (C=O) groups is 3. The van der Waals surface area contributed by atoms with Crippen molar-refractivity contribution in [2.24, 2.45) is 0 Å². The summed E-state index contributed by atoms with van der Waals surface area (Å²) in [6, 6.07) is 5.52. The number of imide groups is 1. The maximum atomic E-state index is 12.2. The van der Waals surface area contributed by atoms with Crippen LogP contribution in [0.3, 0.4) is 0 Å². The summed E-state index contributed by atoms with van der Waals surface area (Å²) in [6.45, 7) is 6.91. The molecule has 0 unspecified atom stereocenters. The van der Waals surface area contributed by atoms with Crippen molar-refractivity contribution in [3.05, 3.63) is 18.2 Å². The SMILES string of the molecule is CC(C)(C)OC(=O)CCCCCNc1ccc2nc(N3CCCC(=O)NC3=O)sc2c1. The number of fused-ring (bicyclic) bond motifs is 1. The van der Waals surface area contributed by atoms with Crippen LogP contribution in [-0.4, -0.2) is 41.6 Å². The van der Waals surface area contributed by atoms with Crippen LogP contribution in [0, 0.1) is 0 Å². The molecule has 8 nitrogen and oxygen atoms in total. The first-order chi connectivity index (χ1) is 14.7. The molecular weight excluding hydrogens is 416 g/mol. The number of anilines is 2. The van der Waals surface area contributed by atoms with Gasteiger partial charge in [0.05, 0.1) is 10.2 Å². The maximum absolute atomic E-state index is 12.2. The van der Waals surface area contributed by atoms with E-state index < -0.39 is 11.6 Å². The molecule has 1 fully saturated rings. The minimum absolute atomic E-state index is 0.144. The molecule has 0 atom stereocenters. The first-order valence-corrected chi connectivity index (χ1v) is 11.5. The van der Waals surface area contributed by atoms with Gasteiger partial charge < -0.3 is 10.1 Å². The monoisotopic (exact) mass is 446 g/mol. The fraction of sp³-hybridized carbons (Fsp3) is 0.545. The Labute approximate surface area is 186 Å². The van der Waals surface area contributed by atoms with Crippen LogP contribution in [0.1, 0.15) is 59.3 Å². The van der Waals surface area contributed by atoms with Gasteiger partial charge >= 0.3 is 12.0 Å². The van der Waals surface area contributed by atoms with Crippen LogP contribution in [0.2, 0.25) is 0 Å². The van der Waals surface area contributed by atoms with Gasteiger partial charge in [0.1, 0.15) is 5.60 Å². The van der Waals surface area contributed by atoms with Crippen molar-refractivity contribution in [1.29, 1.82) is 0 Å². The third kappa shape index (κ3) is 6.92. The average Bonchev–Trinajstić information content (AvgIpc) is 3.01. The largest absolute Gasteiger partial charge is 0.460 e. The molecule has 1 aliphatic rings. The van der Waals surface area contributed by atoms with Gasteiger partial charge in [-0.2, -0.15) is 0 Å². The molecular formula is C22H30N4O4S. The second kappa shape index (κ2) is 10.1. The van der Waals surface area contributed by atoms with Crippen LogP contribution >= 0.6 is 11.3 Å². The summed E-state index contributed by atoms with van der Waals surface area (Å²) in [5, 5.41) is 6.38. The number of amides is 3. The lowest BCUT2D eigenvalue weighted by Gasteiger charge is -2.19. The Morgan fingerprint density at radius 3 is 2.84 bits per heavy atom. The number of hydrogen-bond donors (Lipinski definition) is 2. The normalized spacial score (nSPS) is 15.0. The molecule has 31 heavy (non-hydrogen) atoms. The molecule has 0 aliphatic carbocycles. The highest BCUT2D eigenvalue weighted by Gasteiger charge is 2.24. The predicted octanol–water partition coefficient (Wildman–Crippen LogP) is 4.45. The van der Waals surface area contributed by atoms with Gasteiger partial charge in [-0.05, 0) is 58.2 Å². The molecule has 1 aromatic heterocycles. The van der Waals surface area contributed by atoms with Crippen LogP contribution < -0.4 is 15.5 Å². The van der Waals surface area contributed by atoms with Gasteiger partial charge in [-0.15, -0.1) is 0 Å². The number of carbonyl (C=O) groups excluding carboxylic acids is 3. The smallest absolute Gasteiger partial charge is 0.330 e. The van der Waals surface area contributed by atoms with Gasteiger partial charge in [-0.1, -0.05) is 17.8 Å². The number of benzene rings is 1. The van der Waals surface area contributed by atoms with Gasteiger partial charge in [-0.3, -0.25) is 19.8 Å². The van der Waals surface area contributed by atoms with E-state index in [0.29, 0.717) is 30.9 Å². The van der Waals surface area contributed by atoms with Gasteiger partial charge in [0.2, 0.25) is 5.91 Å². The first-order valence-electron chi connectivity index (χ1n) is 10.7. The van der Waals surface area contributed by atoms with Crippen molar-refractivity contribution >= 4 is 50.3 Å². The number of nitrogens with zero attached hydrogens (tertiary/aromatic N) is 2. The molecule has 0 radical (unpaired) electrons. The van der Waals surface area contributed by atoms with Crippen molar-refractivity contribution in [3.63, 3.8) is 0 Å². The summed E-state index contributed by atoms with van der Waals surface area (Å²) < 4.78 is 6.29. The Morgan fingerprint density at radius 1 is 1.26 bits per heavy atom. The molecule has 168 valence electrons. The number of nitrogens with one attached hydrogen (secondary N) is 2. The minimum Gasteiger partial charge on any atom is -0.460 e. The van der Waals surface area contributed by atoms with E-state index in [2.05, 4.69) is 15.6 Å². The Kier molecular flexibility index (Phi) is 7.48. The van der Waals surface area contributed by atoms with E-state index in [4.69, 9.17) is 4.74 Å². The zero-order chi connectivity index (χ0) is 22.4. The first kappa shape index (κ1) is 23.0. The van der Waals surface area contributed by atoms with E-state index in [9.17, 15) is 14.4 Å². The summed E-state index contributed by atoms with van der Waals surface area (Å²) in [5.74, 6) is -0.388. The molecule has 0 saturated carbocycles. The van der Waals surface area contributed by atoms with E-state index >= 15 is 0 Å². The molecule has 3 amide bonds. The summed E-state index contributed by atoms with van der Waals surface area (Å²) in [7, 11) is 0. The third-order valence-corrected chi connectivity index (χ3v) is 5.73. The van der Waals surface area contributed by atoms with Gasteiger partial charge in [-0.25, -0.2) is 9.78 Å². The van der Waals surface area contributed by atoms with Crippen LogP contribution in [0.15, 0.2) is 18.2 Å². The van der Waals surface area contributed by atoms with Crippen molar-refractivity contribution < 1.29 is 19.1 Å². The second-order valence-corrected chi connectivity index (χ2v) is 9.62. The van der Waals surface area contributed by atoms with E-state index in [1.807, 2.05) is 39.0 Å². The number of unbranched alkanes of at least 4 members (excludes halogenated alkanes) is 2. The zero-order valence-electron chi connectivity index (χ0n) is 18.3. The molecule has 1 aliphatic heterocycles. The highest BCUT2D eigenvalue weighted by atomic mass is 32.1. The Hall–Kier alpha value is -2.68. The number of esters is 1. The third-order valence-electron chi connectivity index (χ3n) is 4.69. The van der Waals surface area contributed by atoms with Gasteiger partial charge in [0.25, 0.3) is 0 Å². The van der Waals surface area contributed by atoms with Crippen LogP contribution in [0.25, 0.3) is 10.2 Å². The van der Waals surface area contributed by atoms with Crippen LogP contribution in [0.5, 0.6) is 0 Å². The summed E-state index contributed by atoms with van der Waals surface area (Å²) in [4.78, 5) is 41.6. The second-order valence-electron chi connectivity index (χ2n) is 8.61. The lowest BCUT2D eigenvalue weighted by Crippen LogP contribution is -2.40. The molecule has 9 heteroatoms.